The average molecular weight is 806 g/mol. The van der Waals surface area contributed by atoms with E-state index in [1.165, 1.54) is 0 Å². The van der Waals surface area contributed by atoms with Gasteiger partial charge in [-0.15, -0.1) is 0 Å². The fourth-order valence-corrected chi connectivity index (χ4v) is 9.98. The molecule has 3 aromatic rings. The van der Waals surface area contributed by atoms with Gasteiger partial charge in [-0.25, -0.2) is 17.4 Å². The quantitative estimate of drug-likeness (QED) is 0.129. The van der Waals surface area contributed by atoms with E-state index in [9.17, 15) is 36.9 Å². The van der Waals surface area contributed by atoms with E-state index in [1.54, 1.807) is 72.8 Å². The summed E-state index contributed by atoms with van der Waals surface area (Å²) < 4.78 is 75.7. The first kappa shape index (κ1) is 42.5. The highest BCUT2D eigenvalue weighted by molar-refractivity contribution is 7.91. The number of rotatable bonds is 14. The Bertz CT molecular complexity index is 2000. The van der Waals surface area contributed by atoms with Crippen molar-refractivity contribution >= 4 is 37.6 Å². The van der Waals surface area contributed by atoms with E-state index in [2.05, 4.69) is 14.8 Å². The van der Waals surface area contributed by atoms with E-state index in [1.807, 2.05) is 32.8 Å². The zero-order valence-corrected chi connectivity index (χ0v) is 32.9. The van der Waals surface area contributed by atoms with Crippen molar-refractivity contribution < 1.29 is 55.2 Å². The molecule has 6 N–H and O–H groups in total. The highest BCUT2D eigenvalue weighted by atomic mass is 32.3. The van der Waals surface area contributed by atoms with Crippen LogP contribution in [0.25, 0.3) is 0 Å². The second-order valence-corrected chi connectivity index (χ2v) is 17.4. The number of aliphatic hydroxyl groups excluding tert-OH is 3. The predicted molar refractivity (Wildman–Crippen MR) is 205 cm³/mol. The standard InChI is InChI=1S/C38H51N3O12S2/c1-5-7-18-38(6-2)23-54(46,47)30-17-16-27(41(3)4)20-28(30)31(35(38)44)25-14-11-15-26(19-25)39-37(45)40-36-33(43)34(51-21-24-12-9-8-10-13-24)32(42)29(53-36)22-52-55(48,49)50/h8-17,19-20,29,31-36,42-44H,5-7,18,21-23H2,1-4H3,(H2,39,40,45)(H,48,49,50)/t29?,31?,32-,33-,34+,35-,36?,38-/m1/s1. The molecule has 2 aliphatic heterocycles. The average Bonchev–Trinajstić information content (AvgIpc) is 3.21. The largest absolute Gasteiger partial charge is 0.397 e. The minimum Gasteiger partial charge on any atom is -0.392 e. The minimum atomic E-state index is -4.93. The third-order valence-electron chi connectivity index (χ3n) is 10.5. The number of hydrogen-bond acceptors (Lipinski definition) is 12. The van der Waals surface area contributed by atoms with Crippen LogP contribution in [0, 0.1) is 5.41 Å². The summed E-state index contributed by atoms with van der Waals surface area (Å²) in [6, 6.07) is 19.8. The molecule has 0 saturated carbocycles. The van der Waals surface area contributed by atoms with E-state index < -0.39 is 81.0 Å². The molecule has 2 amide bonds. The lowest BCUT2D eigenvalue weighted by atomic mass is 9.69. The van der Waals surface area contributed by atoms with Gasteiger partial charge in [0.25, 0.3) is 0 Å². The minimum absolute atomic E-state index is 0.0531. The summed E-state index contributed by atoms with van der Waals surface area (Å²) in [6.45, 7) is 3.00. The molecule has 302 valence electrons. The maximum Gasteiger partial charge on any atom is 0.397 e. The highest BCUT2D eigenvalue weighted by Gasteiger charge is 2.49. The van der Waals surface area contributed by atoms with Crippen LogP contribution in [-0.4, -0.2) is 106 Å². The van der Waals surface area contributed by atoms with Gasteiger partial charge in [-0.2, -0.15) is 8.42 Å². The Hall–Kier alpha value is -3.65. The van der Waals surface area contributed by atoms with Crippen LogP contribution in [0.3, 0.4) is 0 Å². The molecule has 0 aromatic heterocycles. The van der Waals surface area contributed by atoms with Crippen LogP contribution < -0.4 is 15.5 Å². The number of ether oxygens (including phenoxy) is 2. The normalized spacial score (nSPS) is 27.7. The van der Waals surface area contributed by atoms with Crippen molar-refractivity contribution in [2.45, 2.75) is 93.7 Å². The molecule has 0 radical (unpaired) electrons. The molecule has 3 aromatic carbocycles. The van der Waals surface area contributed by atoms with Crippen molar-refractivity contribution in [2.75, 3.05) is 36.7 Å². The van der Waals surface area contributed by atoms with Gasteiger partial charge in [0.15, 0.2) is 16.1 Å². The van der Waals surface area contributed by atoms with Gasteiger partial charge < -0.3 is 40.3 Å². The van der Waals surface area contributed by atoms with E-state index in [0.717, 1.165) is 18.5 Å². The third kappa shape index (κ3) is 10.0. The number of carbonyl (C=O) groups excluding carboxylic acids is 1. The summed E-state index contributed by atoms with van der Waals surface area (Å²) in [5.41, 5.74) is 1.78. The van der Waals surface area contributed by atoms with E-state index in [4.69, 9.17) is 14.0 Å². The number of fused-ring (bicyclic) bond motifs is 1. The summed E-state index contributed by atoms with van der Waals surface area (Å²) in [6.07, 6.45) is -6.32. The lowest BCUT2D eigenvalue weighted by molar-refractivity contribution is -0.246. The van der Waals surface area contributed by atoms with Crippen molar-refractivity contribution in [3.63, 3.8) is 0 Å². The van der Waals surface area contributed by atoms with Crippen LogP contribution in [-0.2, 0) is 40.5 Å². The smallest absolute Gasteiger partial charge is 0.392 e. The number of amides is 2. The highest BCUT2D eigenvalue weighted by Crippen LogP contribution is 2.49. The van der Waals surface area contributed by atoms with Gasteiger partial charge in [0.05, 0.1) is 30.0 Å². The zero-order chi connectivity index (χ0) is 40.1. The van der Waals surface area contributed by atoms with Gasteiger partial charge in [-0.05, 0) is 59.9 Å². The van der Waals surface area contributed by atoms with Crippen molar-refractivity contribution in [3.05, 3.63) is 89.5 Å². The first-order valence-electron chi connectivity index (χ1n) is 18.2. The number of urea groups is 1. The van der Waals surface area contributed by atoms with Gasteiger partial charge in [0.1, 0.15) is 24.4 Å². The summed E-state index contributed by atoms with van der Waals surface area (Å²) in [4.78, 5) is 15.5. The molecule has 3 unspecified atom stereocenters. The van der Waals surface area contributed by atoms with Crippen molar-refractivity contribution in [2.24, 2.45) is 5.41 Å². The number of anilines is 2. The first-order chi connectivity index (χ1) is 26.0. The number of carbonyl (C=O) groups is 1. The molecule has 0 bridgehead atoms. The van der Waals surface area contributed by atoms with Gasteiger partial charge in [-0.3, -0.25) is 4.55 Å². The topological polar surface area (TPSA) is 221 Å². The van der Waals surface area contributed by atoms with Gasteiger partial charge in [0.2, 0.25) is 0 Å². The molecule has 17 heteroatoms. The maximum atomic E-state index is 14.0. The van der Waals surface area contributed by atoms with Crippen LogP contribution >= 0.6 is 0 Å². The molecule has 2 aliphatic rings. The SMILES string of the molecule is CCCC[C@]1(CC)CS(=O)(=O)c2ccc(N(C)C)cc2C(c2cccc(NC(=O)NC3OC(COS(=O)(=O)O)[C@@H](O)[C@H](OCc4ccccc4)[C@H]3O)c2)[C@H]1O. The predicted octanol–water partition coefficient (Wildman–Crippen LogP) is 3.59. The van der Waals surface area contributed by atoms with Gasteiger partial charge in [0, 0.05) is 36.8 Å². The molecule has 1 saturated heterocycles. The van der Waals surface area contributed by atoms with Crippen LogP contribution in [0.4, 0.5) is 16.2 Å². The molecular formula is C38H51N3O12S2. The molecule has 0 aliphatic carbocycles. The van der Waals surface area contributed by atoms with Crippen molar-refractivity contribution in [3.8, 4) is 0 Å². The first-order valence-corrected chi connectivity index (χ1v) is 21.2. The Balaban J connectivity index is 1.43. The number of nitrogens with one attached hydrogen (secondary N) is 2. The summed E-state index contributed by atoms with van der Waals surface area (Å²) in [5, 5.41) is 39.7. The fourth-order valence-electron chi connectivity index (χ4n) is 7.42. The molecule has 8 atom stereocenters. The maximum absolute atomic E-state index is 14.0. The molecule has 15 nitrogen and oxygen atoms in total. The Morgan fingerprint density at radius 1 is 1.00 bits per heavy atom. The van der Waals surface area contributed by atoms with E-state index >= 15 is 0 Å². The lowest BCUT2D eigenvalue weighted by Crippen LogP contribution is -2.64. The molecule has 55 heavy (non-hydrogen) atoms. The van der Waals surface area contributed by atoms with Crippen molar-refractivity contribution in [1.82, 2.24) is 5.32 Å². The van der Waals surface area contributed by atoms with Crippen molar-refractivity contribution in [1.29, 1.82) is 0 Å². The molecule has 1 fully saturated rings. The van der Waals surface area contributed by atoms with E-state index in [0.29, 0.717) is 29.5 Å². The summed E-state index contributed by atoms with van der Waals surface area (Å²) >= 11 is 0. The summed E-state index contributed by atoms with van der Waals surface area (Å²) in [7, 11) is -5.07. The number of aliphatic hydroxyl groups is 3. The summed E-state index contributed by atoms with van der Waals surface area (Å²) in [5.74, 6) is -1.00. The Labute approximate surface area is 322 Å². The van der Waals surface area contributed by atoms with Gasteiger partial charge >= 0.3 is 16.4 Å². The number of sulfone groups is 1. The Morgan fingerprint density at radius 2 is 1.73 bits per heavy atom. The Morgan fingerprint density at radius 3 is 2.38 bits per heavy atom. The lowest BCUT2D eigenvalue weighted by Gasteiger charge is -2.42. The molecule has 5 rings (SSSR count). The number of nitrogens with zero attached hydrogens (tertiary/aromatic N) is 1. The molecular weight excluding hydrogens is 755 g/mol. The number of hydrogen-bond donors (Lipinski definition) is 6. The second kappa shape index (κ2) is 17.7. The van der Waals surface area contributed by atoms with Crippen LogP contribution in [0.2, 0.25) is 0 Å². The van der Waals surface area contributed by atoms with Gasteiger partial charge in [-0.1, -0.05) is 69.2 Å². The fraction of sp³-hybridized carbons (Fsp3) is 0.500. The molecule has 2 heterocycles. The number of unbranched alkanes of at least 4 members (excludes halogenated alkanes) is 1. The van der Waals surface area contributed by atoms with Crippen LogP contribution in [0.1, 0.15) is 62.1 Å². The van der Waals surface area contributed by atoms with Crippen LogP contribution in [0.15, 0.2) is 77.7 Å². The zero-order valence-electron chi connectivity index (χ0n) is 31.2. The van der Waals surface area contributed by atoms with E-state index in [-0.39, 0.29) is 22.9 Å². The Kier molecular flexibility index (Phi) is 13.6. The monoisotopic (exact) mass is 805 g/mol. The molecule has 0 spiro atoms. The second-order valence-electron chi connectivity index (χ2n) is 14.4. The van der Waals surface area contributed by atoms with Crippen LogP contribution in [0.5, 0.6) is 0 Å². The number of benzene rings is 3. The third-order valence-corrected chi connectivity index (χ3v) is 12.9.